The van der Waals surface area contributed by atoms with Gasteiger partial charge in [-0.1, -0.05) is 42.8 Å². The van der Waals surface area contributed by atoms with E-state index in [2.05, 4.69) is 74.5 Å². The van der Waals surface area contributed by atoms with E-state index in [0.717, 1.165) is 17.7 Å². The molecule has 2 aliphatic carbocycles. The van der Waals surface area contributed by atoms with Crippen molar-refractivity contribution in [1.29, 1.82) is 0 Å². The second kappa shape index (κ2) is 13.3. The zero-order valence-corrected chi connectivity index (χ0v) is 28.6. The predicted octanol–water partition coefficient (Wildman–Crippen LogP) is 8.41. The zero-order valence-electron chi connectivity index (χ0n) is 27.8. The van der Waals surface area contributed by atoms with Crippen LogP contribution in [0.4, 0.5) is 0 Å². The molecule has 2 fully saturated rings. The highest BCUT2D eigenvalue weighted by Crippen LogP contribution is 2.59. The Hall–Kier alpha value is -3.09. The van der Waals surface area contributed by atoms with E-state index in [1.54, 1.807) is 0 Å². The summed E-state index contributed by atoms with van der Waals surface area (Å²) in [6.45, 7) is 13.8. The van der Waals surface area contributed by atoms with E-state index < -0.39 is 17.1 Å². The molecule has 45 heavy (non-hydrogen) atoms. The molecule has 3 aromatic carbocycles. The number of aliphatic hydroxyl groups excluding tert-OH is 1. The van der Waals surface area contributed by atoms with Crippen LogP contribution in [0.25, 0.3) is 0 Å². The fraction of sp³-hybridized carbons (Fsp3) is 0.487. The molecular formula is C39H49O5S+. The molecule has 7 atom stereocenters. The maximum atomic E-state index is 13.6. The Morgan fingerprint density at radius 3 is 2.02 bits per heavy atom. The molecule has 7 unspecified atom stereocenters. The Labute approximate surface area is 272 Å². The van der Waals surface area contributed by atoms with Crippen molar-refractivity contribution >= 4 is 22.8 Å². The van der Waals surface area contributed by atoms with E-state index in [1.165, 1.54) is 15.4 Å². The van der Waals surface area contributed by atoms with Crippen LogP contribution in [0.3, 0.4) is 0 Å². The first-order valence-electron chi connectivity index (χ1n) is 16.3. The van der Waals surface area contributed by atoms with Crippen LogP contribution >= 0.6 is 0 Å². The normalized spacial score (nSPS) is 24.2. The molecule has 240 valence electrons. The van der Waals surface area contributed by atoms with E-state index in [-0.39, 0.29) is 47.0 Å². The lowest BCUT2D eigenvalue weighted by Gasteiger charge is -2.39. The zero-order chi connectivity index (χ0) is 32.5. The third-order valence-electron chi connectivity index (χ3n) is 9.76. The topological polar surface area (TPSA) is 72.8 Å². The highest BCUT2D eigenvalue weighted by molar-refractivity contribution is 7.97. The number of rotatable bonds is 10. The Morgan fingerprint density at radius 2 is 1.44 bits per heavy atom. The molecule has 0 aromatic heterocycles. The van der Waals surface area contributed by atoms with Crippen molar-refractivity contribution in [2.45, 2.75) is 101 Å². The number of hydrogen-bond donors (Lipinski definition) is 1. The SMILES string of the molecule is Cc1ccc([S+](c2ccccc2)c2ccc(OC(=O)C(C)(C)CC3C(C)C4CC(C(O)CC(=O)OC(C)(C)C)C3C4)cc2)cc1. The second-order valence-electron chi connectivity index (χ2n) is 14.8. The average Bonchev–Trinajstić information content (AvgIpc) is 3.54. The predicted molar refractivity (Wildman–Crippen MR) is 179 cm³/mol. The lowest BCUT2D eigenvalue weighted by Crippen LogP contribution is -2.40. The van der Waals surface area contributed by atoms with Crippen molar-refractivity contribution in [2.75, 3.05) is 0 Å². The van der Waals surface area contributed by atoms with Gasteiger partial charge in [0, 0.05) is 0 Å². The van der Waals surface area contributed by atoms with Gasteiger partial charge in [0.1, 0.15) is 11.4 Å². The number of esters is 2. The van der Waals surface area contributed by atoms with Crippen molar-refractivity contribution in [3.8, 4) is 5.75 Å². The number of hydrogen-bond acceptors (Lipinski definition) is 5. The summed E-state index contributed by atoms with van der Waals surface area (Å²) in [5.74, 6) is 1.54. The van der Waals surface area contributed by atoms with E-state index in [0.29, 0.717) is 24.0 Å². The minimum absolute atomic E-state index is 0.0172. The number of aliphatic hydroxyl groups is 1. The lowest BCUT2D eigenvalue weighted by molar-refractivity contribution is -0.158. The molecule has 0 spiro atoms. The average molecular weight is 630 g/mol. The first kappa shape index (κ1) is 33.3. The van der Waals surface area contributed by atoms with Gasteiger partial charge < -0.3 is 14.6 Å². The largest absolute Gasteiger partial charge is 0.460 e. The van der Waals surface area contributed by atoms with Crippen LogP contribution in [0.2, 0.25) is 0 Å². The van der Waals surface area contributed by atoms with Gasteiger partial charge in [-0.15, -0.1) is 0 Å². The summed E-state index contributed by atoms with van der Waals surface area (Å²) in [6.07, 6.45) is 1.95. The quantitative estimate of drug-likeness (QED) is 0.139. The molecule has 0 radical (unpaired) electrons. The molecule has 2 aliphatic rings. The number of aryl methyl sites for hydroxylation is 1. The van der Waals surface area contributed by atoms with Crippen molar-refractivity contribution in [3.63, 3.8) is 0 Å². The molecule has 3 aromatic rings. The number of ether oxygens (including phenoxy) is 2. The molecule has 0 amide bonds. The summed E-state index contributed by atoms with van der Waals surface area (Å²) in [6, 6.07) is 27.1. The Morgan fingerprint density at radius 1 is 0.867 bits per heavy atom. The van der Waals surface area contributed by atoms with E-state index >= 15 is 0 Å². The maximum absolute atomic E-state index is 13.6. The maximum Gasteiger partial charge on any atom is 0.316 e. The highest BCUT2D eigenvalue weighted by atomic mass is 32.2. The van der Waals surface area contributed by atoms with E-state index in [9.17, 15) is 14.7 Å². The first-order chi connectivity index (χ1) is 21.2. The van der Waals surface area contributed by atoms with Gasteiger partial charge >= 0.3 is 11.9 Å². The number of carbonyl (C=O) groups is 2. The number of fused-ring (bicyclic) bond motifs is 2. The second-order valence-corrected chi connectivity index (χ2v) is 16.8. The smallest absolute Gasteiger partial charge is 0.316 e. The summed E-state index contributed by atoms with van der Waals surface area (Å²) >= 11 is 0. The monoisotopic (exact) mass is 629 g/mol. The van der Waals surface area contributed by atoms with E-state index in [1.807, 2.05) is 52.8 Å². The minimum Gasteiger partial charge on any atom is -0.460 e. The Bertz CT molecular complexity index is 1460. The molecule has 0 heterocycles. The van der Waals surface area contributed by atoms with Crippen LogP contribution in [-0.4, -0.2) is 28.8 Å². The van der Waals surface area contributed by atoms with Crippen molar-refractivity contribution in [2.24, 2.45) is 35.0 Å². The summed E-state index contributed by atoms with van der Waals surface area (Å²) in [5, 5.41) is 11.1. The fourth-order valence-corrected chi connectivity index (χ4v) is 9.55. The van der Waals surface area contributed by atoms with Crippen molar-refractivity contribution in [1.82, 2.24) is 0 Å². The van der Waals surface area contributed by atoms with Crippen LogP contribution in [-0.2, 0) is 25.2 Å². The van der Waals surface area contributed by atoms with Gasteiger partial charge in [-0.05, 0) is 139 Å². The fourth-order valence-electron chi connectivity index (χ4n) is 7.49. The van der Waals surface area contributed by atoms with Gasteiger partial charge in [-0.3, -0.25) is 9.59 Å². The first-order valence-corrected chi connectivity index (χ1v) is 17.5. The summed E-state index contributed by atoms with van der Waals surface area (Å²) in [7, 11) is -0.276. The Kier molecular flexibility index (Phi) is 9.86. The van der Waals surface area contributed by atoms with Gasteiger partial charge in [0.05, 0.1) is 28.8 Å². The van der Waals surface area contributed by atoms with Crippen LogP contribution in [0, 0.1) is 41.9 Å². The molecule has 2 saturated carbocycles. The van der Waals surface area contributed by atoms with Crippen LogP contribution < -0.4 is 4.74 Å². The highest BCUT2D eigenvalue weighted by Gasteiger charge is 2.54. The molecule has 0 aliphatic heterocycles. The summed E-state index contributed by atoms with van der Waals surface area (Å²) < 4.78 is 11.5. The molecular weight excluding hydrogens is 580 g/mol. The third-order valence-corrected chi connectivity index (χ3v) is 12.0. The summed E-state index contributed by atoms with van der Waals surface area (Å²) in [4.78, 5) is 29.7. The van der Waals surface area contributed by atoms with Crippen LogP contribution in [0.1, 0.15) is 72.8 Å². The number of benzene rings is 3. The van der Waals surface area contributed by atoms with Crippen molar-refractivity contribution in [3.05, 3.63) is 84.4 Å². The van der Waals surface area contributed by atoms with Crippen LogP contribution in [0.5, 0.6) is 5.75 Å². The van der Waals surface area contributed by atoms with E-state index in [4.69, 9.17) is 9.47 Å². The van der Waals surface area contributed by atoms with Gasteiger partial charge in [-0.2, -0.15) is 0 Å². The lowest BCUT2D eigenvalue weighted by atomic mass is 9.67. The molecule has 5 rings (SSSR count). The van der Waals surface area contributed by atoms with Crippen molar-refractivity contribution < 1.29 is 24.2 Å². The minimum atomic E-state index is -0.723. The van der Waals surface area contributed by atoms with Gasteiger partial charge in [0.2, 0.25) is 0 Å². The van der Waals surface area contributed by atoms with Crippen LogP contribution in [0.15, 0.2) is 93.5 Å². The Balaban J connectivity index is 1.25. The molecule has 0 saturated heterocycles. The van der Waals surface area contributed by atoms with Gasteiger partial charge in [0.15, 0.2) is 14.7 Å². The number of carbonyl (C=O) groups excluding carboxylic acids is 2. The standard InChI is InChI=1S/C39H49O5S/c1-25-13-17-30(18-14-25)45(29-11-9-8-10-12-29)31-19-15-28(16-20-31)43-37(42)39(6,7)24-34-26(2)27-21-32(34)33(22-27)35(40)23-36(41)44-38(3,4)5/h8-20,26-27,32-35,40H,21-24H2,1-7H3/q+1. The van der Waals surface area contributed by atoms with Gasteiger partial charge in [-0.25, -0.2) is 0 Å². The summed E-state index contributed by atoms with van der Waals surface area (Å²) in [5.41, 5.74) is -0.0374. The molecule has 1 N–H and O–H groups in total. The molecule has 6 heteroatoms. The van der Waals surface area contributed by atoms with Gasteiger partial charge in [0.25, 0.3) is 0 Å². The third kappa shape index (κ3) is 7.84. The molecule has 5 nitrogen and oxygen atoms in total. The molecule has 2 bridgehead atoms.